The van der Waals surface area contributed by atoms with Gasteiger partial charge in [0.25, 0.3) is 5.78 Å². The Morgan fingerprint density at radius 2 is 1.79 bits per heavy atom. The molecule has 1 amide bonds. The zero-order chi connectivity index (χ0) is 30.7. The summed E-state index contributed by atoms with van der Waals surface area (Å²) >= 11 is 1.34. The number of carbonyl (C=O) groups is 2. The summed E-state index contributed by atoms with van der Waals surface area (Å²) in [5.74, 6) is -0.266. The first-order valence-electron chi connectivity index (χ1n) is 14.5. The molecule has 224 valence electrons. The molecule has 1 atom stereocenters. The number of aliphatic hydroxyl groups is 1. The molecule has 0 bridgehead atoms. The largest absolute Gasteiger partial charge is 0.507 e. The van der Waals surface area contributed by atoms with Crippen molar-refractivity contribution in [2.24, 2.45) is 0 Å². The molecule has 9 heteroatoms. The Morgan fingerprint density at radius 3 is 2.53 bits per heavy atom. The van der Waals surface area contributed by atoms with Crippen molar-refractivity contribution >= 4 is 44.1 Å². The van der Waals surface area contributed by atoms with Crippen molar-refractivity contribution < 1.29 is 28.9 Å². The Balaban J connectivity index is 1.68. The highest BCUT2D eigenvalue weighted by atomic mass is 32.1. The number of thiazole rings is 1. The number of anilines is 1. The van der Waals surface area contributed by atoms with Gasteiger partial charge < -0.3 is 19.3 Å². The van der Waals surface area contributed by atoms with Gasteiger partial charge in [0, 0.05) is 5.56 Å². The van der Waals surface area contributed by atoms with Crippen molar-refractivity contribution in [3.8, 4) is 17.2 Å². The van der Waals surface area contributed by atoms with Crippen LogP contribution < -0.4 is 19.1 Å². The van der Waals surface area contributed by atoms with Crippen molar-refractivity contribution in [3.63, 3.8) is 0 Å². The molecule has 0 aliphatic carbocycles. The number of aromatic nitrogens is 1. The van der Waals surface area contributed by atoms with Gasteiger partial charge in [0.2, 0.25) is 0 Å². The highest BCUT2D eigenvalue weighted by molar-refractivity contribution is 7.22. The number of carbonyl (C=O) groups excluding carboxylic acids is 2. The summed E-state index contributed by atoms with van der Waals surface area (Å²) in [6.07, 6.45) is 2.70. The zero-order valence-corrected chi connectivity index (χ0v) is 25.9. The van der Waals surface area contributed by atoms with Gasteiger partial charge in [0.05, 0.1) is 42.2 Å². The molecule has 5 rings (SSSR count). The Labute approximate surface area is 255 Å². The van der Waals surface area contributed by atoms with E-state index in [4.69, 9.17) is 19.2 Å². The molecule has 1 aliphatic heterocycles. The Morgan fingerprint density at radius 1 is 0.977 bits per heavy atom. The van der Waals surface area contributed by atoms with E-state index in [1.165, 1.54) is 16.2 Å². The van der Waals surface area contributed by atoms with E-state index in [1.807, 2.05) is 32.9 Å². The molecule has 1 N–H and O–H groups in total. The smallest absolute Gasteiger partial charge is 0.301 e. The minimum absolute atomic E-state index is 0.0356. The Kier molecular flexibility index (Phi) is 9.01. The van der Waals surface area contributed by atoms with Crippen LogP contribution in [0.3, 0.4) is 0 Å². The van der Waals surface area contributed by atoms with Crippen LogP contribution in [0.25, 0.3) is 16.0 Å². The second kappa shape index (κ2) is 12.9. The third kappa shape index (κ3) is 5.95. The monoisotopic (exact) mass is 600 g/mol. The van der Waals surface area contributed by atoms with Gasteiger partial charge in [0.15, 0.2) is 16.6 Å². The fourth-order valence-corrected chi connectivity index (χ4v) is 6.38. The summed E-state index contributed by atoms with van der Waals surface area (Å²) in [7, 11) is 1.54. The van der Waals surface area contributed by atoms with Gasteiger partial charge in [-0.25, -0.2) is 4.98 Å². The van der Waals surface area contributed by atoms with E-state index in [9.17, 15) is 14.7 Å². The minimum atomic E-state index is -0.958. The molecule has 0 radical (unpaired) electrons. The Bertz CT molecular complexity index is 1710. The van der Waals surface area contributed by atoms with Gasteiger partial charge in [-0.15, -0.1) is 0 Å². The molecule has 4 aromatic rings. The van der Waals surface area contributed by atoms with Crippen molar-refractivity contribution in [2.75, 3.05) is 25.2 Å². The van der Waals surface area contributed by atoms with E-state index in [0.717, 1.165) is 40.6 Å². The van der Waals surface area contributed by atoms with Gasteiger partial charge in [-0.1, -0.05) is 55.9 Å². The molecule has 8 nitrogen and oxygen atoms in total. The van der Waals surface area contributed by atoms with Crippen molar-refractivity contribution in [1.29, 1.82) is 0 Å². The molecule has 43 heavy (non-hydrogen) atoms. The molecule has 0 spiro atoms. The van der Waals surface area contributed by atoms with Gasteiger partial charge in [-0.3, -0.25) is 14.5 Å². The molecule has 1 fully saturated rings. The number of methoxy groups -OCH3 is 1. The van der Waals surface area contributed by atoms with Crippen LogP contribution in [-0.2, 0) is 9.59 Å². The van der Waals surface area contributed by atoms with Crippen LogP contribution in [0.5, 0.6) is 17.2 Å². The normalized spacial score (nSPS) is 16.2. The highest BCUT2D eigenvalue weighted by Gasteiger charge is 2.48. The topological polar surface area (TPSA) is 98.2 Å². The van der Waals surface area contributed by atoms with Gasteiger partial charge in [-0.05, 0) is 73.7 Å². The number of ketones is 1. The molecule has 1 saturated heterocycles. The Hall–Kier alpha value is -4.37. The molecular weight excluding hydrogens is 564 g/mol. The van der Waals surface area contributed by atoms with E-state index >= 15 is 0 Å². The average Bonchev–Trinajstić information content (AvgIpc) is 3.54. The van der Waals surface area contributed by atoms with Crippen LogP contribution in [0.4, 0.5) is 5.13 Å². The molecule has 2 heterocycles. The number of Topliss-reactive ketones (excluding diaryl/α,β-unsaturated/α-hetero) is 1. The lowest BCUT2D eigenvalue weighted by atomic mass is 9.95. The number of unbranched alkanes of at least 4 members (excludes halogenated alkanes) is 1. The lowest BCUT2D eigenvalue weighted by Crippen LogP contribution is -2.29. The second-order valence-corrected chi connectivity index (χ2v) is 11.6. The third-order valence-corrected chi connectivity index (χ3v) is 8.31. The summed E-state index contributed by atoms with van der Waals surface area (Å²) < 4.78 is 18.3. The van der Waals surface area contributed by atoms with E-state index < -0.39 is 17.7 Å². The quantitative estimate of drug-likeness (QED) is 0.0823. The van der Waals surface area contributed by atoms with Crippen molar-refractivity contribution in [2.45, 2.75) is 53.0 Å². The molecule has 1 aliphatic rings. The number of aryl methyl sites for hydroxylation is 2. The molecule has 1 unspecified atom stereocenters. The summed E-state index contributed by atoms with van der Waals surface area (Å²) in [4.78, 5) is 33.7. The maximum absolute atomic E-state index is 13.8. The van der Waals surface area contributed by atoms with Crippen LogP contribution in [0.2, 0.25) is 0 Å². The predicted molar refractivity (Wildman–Crippen MR) is 170 cm³/mol. The number of amides is 1. The van der Waals surface area contributed by atoms with E-state index in [1.54, 1.807) is 49.6 Å². The number of hydrogen-bond acceptors (Lipinski definition) is 8. The van der Waals surface area contributed by atoms with Crippen LogP contribution in [0.1, 0.15) is 61.4 Å². The van der Waals surface area contributed by atoms with Crippen LogP contribution in [0.15, 0.2) is 60.2 Å². The lowest BCUT2D eigenvalue weighted by Gasteiger charge is -2.24. The van der Waals surface area contributed by atoms with Crippen LogP contribution in [0, 0.1) is 13.8 Å². The van der Waals surface area contributed by atoms with E-state index in [2.05, 4.69) is 6.92 Å². The zero-order valence-electron chi connectivity index (χ0n) is 25.1. The second-order valence-electron chi connectivity index (χ2n) is 10.6. The molecule has 3 aromatic carbocycles. The van der Waals surface area contributed by atoms with Gasteiger partial charge in [0.1, 0.15) is 11.5 Å². The fraction of sp³-hybridized carbons (Fsp3) is 0.324. The summed E-state index contributed by atoms with van der Waals surface area (Å²) in [6.45, 7) is 9.11. The first kappa shape index (κ1) is 30.1. The van der Waals surface area contributed by atoms with Gasteiger partial charge in [-0.2, -0.15) is 0 Å². The number of hydrogen-bond donors (Lipinski definition) is 1. The number of fused-ring (bicyclic) bond motifs is 1. The summed E-state index contributed by atoms with van der Waals surface area (Å²) in [5.41, 5.74) is 3.73. The number of aliphatic hydroxyl groups excluding tert-OH is 1. The fourth-order valence-electron chi connectivity index (χ4n) is 5.22. The first-order chi connectivity index (χ1) is 20.8. The summed E-state index contributed by atoms with van der Waals surface area (Å²) in [6, 6.07) is 15.3. The average molecular weight is 601 g/mol. The van der Waals surface area contributed by atoms with Crippen LogP contribution >= 0.6 is 11.3 Å². The third-order valence-electron chi connectivity index (χ3n) is 7.31. The molecule has 1 aromatic heterocycles. The summed E-state index contributed by atoms with van der Waals surface area (Å²) in [5, 5.41) is 12.0. The minimum Gasteiger partial charge on any atom is -0.507 e. The standard InChI is InChI=1S/C34H36N2O6S/c1-6-8-15-42-25-13-12-22(19-26(25)40-5)30-28(31(37)23-10-9-11-24(18-23)41-14-7-2)32(38)33(39)36(30)34-35-29-21(4)16-20(3)17-27(29)43-34/h9-13,16-19,30,37H,6-8,14-15H2,1-5H3. The number of nitrogens with zero attached hydrogens (tertiary/aromatic N) is 2. The SMILES string of the molecule is CCCCOc1ccc(C2C(=C(O)c3cccc(OCCC)c3)C(=O)C(=O)N2c2nc3c(C)cc(C)cc3s2)cc1OC. The number of ether oxygens (including phenoxy) is 3. The number of benzene rings is 3. The van der Waals surface area contributed by atoms with E-state index in [-0.39, 0.29) is 11.3 Å². The maximum Gasteiger partial charge on any atom is 0.301 e. The van der Waals surface area contributed by atoms with Gasteiger partial charge >= 0.3 is 5.91 Å². The first-order valence-corrected chi connectivity index (χ1v) is 15.3. The number of rotatable bonds is 11. The van der Waals surface area contributed by atoms with Crippen LogP contribution in [-0.4, -0.2) is 42.1 Å². The van der Waals surface area contributed by atoms with Crippen molar-refractivity contribution in [3.05, 3.63) is 82.4 Å². The highest BCUT2D eigenvalue weighted by Crippen LogP contribution is 2.46. The lowest BCUT2D eigenvalue weighted by molar-refractivity contribution is -0.132. The van der Waals surface area contributed by atoms with E-state index in [0.29, 0.717) is 46.7 Å². The molecular formula is C34H36N2O6S. The van der Waals surface area contributed by atoms with Crippen molar-refractivity contribution in [1.82, 2.24) is 4.98 Å². The predicted octanol–water partition coefficient (Wildman–Crippen LogP) is 7.52. The molecule has 0 saturated carbocycles. The maximum atomic E-state index is 13.8.